The first kappa shape index (κ1) is 13.1. The van der Waals surface area contributed by atoms with Crippen molar-refractivity contribution in [3.8, 4) is 0 Å². The molecule has 0 saturated carbocycles. The first-order valence-electron chi connectivity index (χ1n) is 6.35. The normalized spacial score (nSPS) is 15.8. The zero-order chi connectivity index (χ0) is 14.2. The van der Waals surface area contributed by atoms with Crippen LogP contribution in [0.15, 0.2) is 47.6 Å². The number of nitrogens with zero attached hydrogens (tertiary/aromatic N) is 2. The molecule has 0 unspecified atom stereocenters. The molecular formula is C14H15N3O2S. The van der Waals surface area contributed by atoms with Crippen LogP contribution in [0.2, 0.25) is 0 Å². The zero-order valence-electron chi connectivity index (χ0n) is 10.9. The molecule has 0 saturated heterocycles. The molecule has 0 spiro atoms. The number of nitrogens with two attached hydrogens (primary N) is 1. The van der Waals surface area contributed by atoms with Crippen LogP contribution in [-0.4, -0.2) is 24.3 Å². The fraction of sp³-hybridized carbons (Fsp3) is 0.214. The van der Waals surface area contributed by atoms with Gasteiger partial charge in [0.2, 0.25) is 10.0 Å². The number of sulfonamides is 1. The van der Waals surface area contributed by atoms with Crippen LogP contribution in [0.4, 0.5) is 5.69 Å². The van der Waals surface area contributed by atoms with Gasteiger partial charge < -0.3 is 5.73 Å². The number of hydrogen-bond donors (Lipinski definition) is 1. The van der Waals surface area contributed by atoms with E-state index in [0.717, 1.165) is 12.0 Å². The Bertz CT molecular complexity index is 744. The van der Waals surface area contributed by atoms with Gasteiger partial charge in [0, 0.05) is 25.5 Å². The van der Waals surface area contributed by atoms with E-state index in [1.807, 2.05) is 24.3 Å². The van der Waals surface area contributed by atoms with Crippen LogP contribution in [0.25, 0.3) is 0 Å². The van der Waals surface area contributed by atoms with E-state index in [1.54, 1.807) is 0 Å². The van der Waals surface area contributed by atoms with Crippen molar-refractivity contribution in [1.29, 1.82) is 0 Å². The summed E-state index contributed by atoms with van der Waals surface area (Å²) >= 11 is 0. The summed E-state index contributed by atoms with van der Waals surface area (Å²) in [7, 11) is -3.59. The summed E-state index contributed by atoms with van der Waals surface area (Å²) < 4.78 is 26.7. The Kier molecular flexibility index (Phi) is 3.19. The number of anilines is 1. The molecule has 2 heterocycles. The molecule has 6 heteroatoms. The first-order chi connectivity index (χ1) is 9.59. The molecule has 0 atom stereocenters. The molecule has 0 fully saturated rings. The lowest BCUT2D eigenvalue weighted by molar-refractivity contribution is 0.391. The highest BCUT2D eigenvalue weighted by Crippen LogP contribution is 2.26. The lowest BCUT2D eigenvalue weighted by Gasteiger charge is -2.28. The van der Waals surface area contributed by atoms with Crippen LogP contribution < -0.4 is 5.73 Å². The van der Waals surface area contributed by atoms with Gasteiger partial charge in [-0.2, -0.15) is 4.31 Å². The smallest absolute Gasteiger partial charge is 0.246 e. The van der Waals surface area contributed by atoms with Gasteiger partial charge in [0.25, 0.3) is 0 Å². The van der Waals surface area contributed by atoms with E-state index in [2.05, 4.69) is 4.98 Å². The van der Waals surface area contributed by atoms with E-state index >= 15 is 0 Å². The third-order valence-electron chi connectivity index (χ3n) is 3.53. The van der Waals surface area contributed by atoms with Crippen molar-refractivity contribution in [3.63, 3.8) is 0 Å². The molecule has 1 aliphatic rings. The Labute approximate surface area is 118 Å². The lowest BCUT2D eigenvalue weighted by atomic mass is 10.0. The van der Waals surface area contributed by atoms with Gasteiger partial charge in [-0.1, -0.05) is 24.3 Å². The summed E-state index contributed by atoms with van der Waals surface area (Å²) in [5.41, 5.74) is 8.25. The van der Waals surface area contributed by atoms with Gasteiger partial charge in [0.15, 0.2) is 0 Å². The second kappa shape index (κ2) is 4.88. The Morgan fingerprint density at radius 3 is 2.65 bits per heavy atom. The fourth-order valence-electron chi connectivity index (χ4n) is 2.42. The highest BCUT2D eigenvalue weighted by atomic mass is 32.2. The summed E-state index contributed by atoms with van der Waals surface area (Å²) in [6, 6.07) is 9.40. The molecular weight excluding hydrogens is 274 g/mol. The molecule has 0 bridgehead atoms. The average Bonchev–Trinajstić information content (AvgIpc) is 2.47. The summed E-state index contributed by atoms with van der Waals surface area (Å²) in [5.74, 6) is 0. The predicted molar refractivity (Wildman–Crippen MR) is 76.4 cm³/mol. The van der Waals surface area contributed by atoms with Gasteiger partial charge in [0.1, 0.15) is 4.90 Å². The topological polar surface area (TPSA) is 76.3 Å². The van der Waals surface area contributed by atoms with Crippen molar-refractivity contribution >= 4 is 15.7 Å². The maximum Gasteiger partial charge on any atom is 0.246 e. The van der Waals surface area contributed by atoms with Gasteiger partial charge in [-0.25, -0.2) is 8.42 Å². The first-order valence-corrected chi connectivity index (χ1v) is 7.79. The van der Waals surface area contributed by atoms with Gasteiger partial charge in [-0.3, -0.25) is 4.98 Å². The minimum atomic E-state index is -3.59. The van der Waals surface area contributed by atoms with E-state index in [-0.39, 0.29) is 10.6 Å². The van der Waals surface area contributed by atoms with Gasteiger partial charge in [-0.05, 0) is 23.6 Å². The maximum absolute atomic E-state index is 12.6. The van der Waals surface area contributed by atoms with Crippen LogP contribution in [0, 0.1) is 0 Å². The van der Waals surface area contributed by atoms with E-state index in [1.165, 1.54) is 28.3 Å². The number of fused-ring (bicyclic) bond motifs is 1. The fourth-order valence-corrected chi connectivity index (χ4v) is 3.90. The molecule has 2 N–H and O–H groups in total. The number of aromatic nitrogens is 1. The quantitative estimate of drug-likeness (QED) is 0.907. The predicted octanol–water partition coefficient (Wildman–Crippen LogP) is 1.41. The third kappa shape index (κ3) is 2.17. The Hall–Kier alpha value is -1.92. The van der Waals surface area contributed by atoms with Gasteiger partial charge in [-0.15, -0.1) is 0 Å². The summed E-state index contributed by atoms with van der Waals surface area (Å²) in [6.07, 6.45) is 3.51. The zero-order valence-corrected chi connectivity index (χ0v) is 11.7. The minimum Gasteiger partial charge on any atom is -0.398 e. The Morgan fingerprint density at radius 1 is 1.15 bits per heavy atom. The second-order valence-corrected chi connectivity index (χ2v) is 6.68. The summed E-state index contributed by atoms with van der Waals surface area (Å²) in [4.78, 5) is 3.95. The van der Waals surface area contributed by atoms with Crippen LogP contribution >= 0.6 is 0 Å². The highest BCUT2D eigenvalue weighted by molar-refractivity contribution is 7.89. The second-order valence-electron chi connectivity index (χ2n) is 4.77. The van der Waals surface area contributed by atoms with Crippen LogP contribution in [0.3, 0.4) is 0 Å². The van der Waals surface area contributed by atoms with E-state index in [4.69, 9.17) is 5.73 Å². The highest BCUT2D eigenvalue weighted by Gasteiger charge is 2.29. The number of benzene rings is 1. The van der Waals surface area contributed by atoms with Crippen molar-refractivity contribution in [2.24, 2.45) is 0 Å². The molecule has 1 aromatic heterocycles. The largest absolute Gasteiger partial charge is 0.398 e. The molecule has 0 amide bonds. The van der Waals surface area contributed by atoms with Gasteiger partial charge in [0.05, 0.1) is 5.69 Å². The van der Waals surface area contributed by atoms with E-state index < -0.39 is 10.0 Å². The van der Waals surface area contributed by atoms with Crippen molar-refractivity contribution in [3.05, 3.63) is 53.9 Å². The van der Waals surface area contributed by atoms with Crippen molar-refractivity contribution < 1.29 is 8.42 Å². The van der Waals surface area contributed by atoms with Crippen LogP contribution in [0.5, 0.6) is 0 Å². The number of rotatable bonds is 2. The molecule has 104 valence electrons. The van der Waals surface area contributed by atoms with E-state index in [0.29, 0.717) is 13.1 Å². The molecule has 20 heavy (non-hydrogen) atoms. The van der Waals surface area contributed by atoms with Crippen LogP contribution in [-0.2, 0) is 23.0 Å². The van der Waals surface area contributed by atoms with Gasteiger partial charge >= 0.3 is 0 Å². The maximum atomic E-state index is 12.6. The third-order valence-corrected chi connectivity index (χ3v) is 5.42. The Balaban J connectivity index is 1.97. The van der Waals surface area contributed by atoms with Crippen molar-refractivity contribution in [1.82, 2.24) is 9.29 Å². The monoisotopic (exact) mass is 289 g/mol. The summed E-state index contributed by atoms with van der Waals surface area (Å²) in [5, 5.41) is 0. The standard InChI is InChI=1S/C14H15N3O2S/c15-13-5-7-16-9-14(13)20(18,19)17-8-6-11-3-1-2-4-12(11)10-17/h1-5,7,9H,6,8,10H2,(H2,15,16). The number of pyridine rings is 1. The van der Waals surface area contributed by atoms with Crippen molar-refractivity contribution in [2.45, 2.75) is 17.9 Å². The molecule has 3 rings (SSSR count). The molecule has 1 aliphatic heterocycles. The van der Waals surface area contributed by atoms with Crippen molar-refractivity contribution in [2.75, 3.05) is 12.3 Å². The average molecular weight is 289 g/mol. The molecule has 2 aromatic rings. The Morgan fingerprint density at radius 2 is 1.90 bits per heavy atom. The molecule has 0 radical (unpaired) electrons. The molecule has 5 nitrogen and oxygen atoms in total. The minimum absolute atomic E-state index is 0.0828. The molecule has 1 aromatic carbocycles. The number of nitrogen functional groups attached to an aromatic ring is 1. The van der Waals surface area contributed by atoms with E-state index in [9.17, 15) is 8.42 Å². The number of hydrogen-bond acceptors (Lipinski definition) is 4. The molecule has 0 aliphatic carbocycles. The SMILES string of the molecule is Nc1ccncc1S(=O)(=O)N1CCc2ccccc2C1. The summed E-state index contributed by atoms with van der Waals surface area (Å²) in [6.45, 7) is 0.848. The lowest BCUT2D eigenvalue weighted by Crippen LogP contribution is -2.36. The van der Waals surface area contributed by atoms with Crippen LogP contribution in [0.1, 0.15) is 11.1 Å².